The smallest absolute Gasteiger partial charge is 0.225 e. The summed E-state index contributed by atoms with van der Waals surface area (Å²) in [6.07, 6.45) is 5.10. The standard InChI is InChI=1S/C26H33N3O2/c30-25-17-24(20-29(25)16-13-21-7-3-1-4-8-21)26(31)27-18-22-9-11-23(12-10-22)19-28-14-5-2-6-15-28/h1,3-4,7-12,24H,2,5-6,13-20H2,(H,27,31). The lowest BCUT2D eigenvalue weighted by Gasteiger charge is -2.26. The van der Waals surface area contributed by atoms with Crippen LogP contribution in [0, 0.1) is 5.92 Å². The molecule has 31 heavy (non-hydrogen) atoms. The van der Waals surface area contributed by atoms with Crippen molar-refractivity contribution in [2.45, 2.75) is 45.2 Å². The summed E-state index contributed by atoms with van der Waals surface area (Å²) in [5, 5.41) is 3.03. The topological polar surface area (TPSA) is 52.7 Å². The molecule has 2 saturated heterocycles. The molecule has 4 rings (SSSR count). The first-order valence-corrected chi connectivity index (χ1v) is 11.6. The molecule has 5 heteroatoms. The van der Waals surface area contributed by atoms with Gasteiger partial charge in [-0.1, -0.05) is 61.0 Å². The second-order valence-electron chi connectivity index (χ2n) is 8.85. The quantitative estimate of drug-likeness (QED) is 0.714. The van der Waals surface area contributed by atoms with Crippen molar-refractivity contribution < 1.29 is 9.59 Å². The highest BCUT2D eigenvalue weighted by Crippen LogP contribution is 2.19. The van der Waals surface area contributed by atoms with Gasteiger partial charge in [-0.25, -0.2) is 0 Å². The van der Waals surface area contributed by atoms with Crippen LogP contribution in [0.3, 0.4) is 0 Å². The molecule has 0 spiro atoms. The molecule has 0 aliphatic carbocycles. The highest BCUT2D eigenvalue weighted by Gasteiger charge is 2.33. The fourth-order valence-corrected chi connectivity index (χ4v) is 4.54. The second kappa shape index (κ2) is 10.6. The van der Waals surface area contributed by atoms with Crippen molar-refractivity contribution >= 4 is 11.8 Å². The molecule has 2 aliphatic heterocycles. The monoisotopic (exact) mass is 419 g/mol. The Hall–Kier alpha value is -2.66. The third-order valence-corrected chi connectivity index (χ3v) is 6.44. The number of carbonyl (C=O) groups is 2. The summed E-state index contributed by atoms with van der Waals surface area (Å²) in [6.45, 7) is 5.10. The van der Waals surface area contributed by atoms with Crippen LogP contribution < -0.4 is 5.32 Å². The normalized spacial score (nSPS) is 19.5. The average molecular weight is 420 g/mol. The van der Waals surface area contributed by atoms with E-state index in [2.05, 4.69) is 46.6 Å². The number of amides is 2. The number of nitrogens with zero attached hydrogens (tertiary/aromatic N) is 2. The van der Waals surface area contributed by atoms with Gasteiger partial charge in [-0.05, 0) is 49.0 Å². The molecular weight excluding hydrogens is 386 g/mol. The van der Waals surface area contributed by atoms with Gasteiger partial charge in [-0.2, -0.15) is 0 Å². The van der Waals surface area contributed by atoms with Gasteiger partial charge in [0.1, 0.15) is 0 Å². The first-order chi connectivity index (χ1) is 15.2. The maximum Gasteiger partial charge on any atom is 0.225 e. The number of piperidine rings is 1. The lowest BCUT2D eigenvalue weighted by atomic mass is 10.1. The number of rotatable bonds is 8. The van der Waals surface area contributed by atoms with Crippen LogP contribution >= 0.6 is 0 Å². The third kappa shape index (κ3) is 6.17. The van der Waals surface area contributed by atoms with E-state index >= 15 is 0 Å². The fourth-order valence-electron chi connectivity index (χ4n) is 4.54. The second-order valence-corrected chi connectivity index (χ2v) is 8.85. The maximum absolute atomic E-state index is 12.6. The van der Waals surface area contributed by atoms with Crippen LogP contribution in [0.15, 0.2) is 54.6 Å². The van der Waals surface area contributed by atoms with Crippen molar-refractivity contribution in [3.05, 3.63) is 71.3 Å². The van der Waals surface area contributed by atoms with Crippen molar-refractivity contribution in [2.24, 2.45) is 5.92 Å². The molecule has 164 valence electrons. The molecule has 0 saturated carbocycles. The number of carbonyl (C=O) groups excluding carboxylic acids is 2. The summed E-state index contributed by atoms with van der Waals surface area (Å²) in [6, 6.07) is 18.7. The lowest BCUT2D eigenvalue weighted by molar-refractivity contribution is -0.129. The molecule has 2 aliphatic rings. The number of nitrogens with one attached hydrogen (secondary N) is 1. The predicted octanol–water partition coefficient (Wildman–Crippen LogP) is 3.38. The zero-order chi connectivity index (χ0) is 21.5. The minimum absolute atomic E-state index is 0.0204. The number of hydrogen-bond acceptors (Lipinski definition) is 3. The SMILES string of the molecule is O=C(NCc1ccc(CN2CCCCC2)cc1)C1CC(=O)N(CCc2ccccc2)C1. The van der Waals surface area contributed by atoms with Crippen molar-refractivity contribution in [3.8, 4) is 0 Å². The van der Waals surface area contributed by atoms with E-state index in [-0.39, 0.29) is 17.7 Å². The van der Waals surface area contributed by atoms with Crippen molar-refractivity contribution in [1.82, 2.24) is 15.1 Å². The molecule has 2 amide bonds. The molecule has 5 nitrogen and oxygen atoms in total. The highest BCUT2D eigenvalue weighted by molar-refractivity contribution is 5.89. The van der Waals surface area contributed by atoms with E-state index in [4.69, 9.17) is 0 Å². The number of hydrogen-bond donors (Lipinski definition) is 1. The molecule has 2 aromatic carbocycles. The zero-order valence-electron chi connectivity index (χ0n) is 18.3. The molecule has 0 radical (unpaired) electrons. The van der Waals surface area contributed by atoms with Gasteiger partial charge in [0.15, 0.2) is 0 Å². The molecule has 1 atom stereocenters. The van der Waals surface area contributed by atoms with Crippen LogP contribution in [-0.2, 0) is 29.1 Å². The first kappa shape index (κ1) is 21.6. The minimum atomic E-state index is -0.248. The Balaban J connectivity index is 1.21. The van der Waals surface area contributed by atoms with E-state index in [1.165, 1.54) is 43.5 Å². The third-order valence-electron chi connectivity index (χ3n) is 6.44. The summed E-state index contributed by atoms with van der Waals surface area (Å²) < 4.78 is 0. The van der Waals surface area contributed by atoms with Gasteiger partial charge < -0.3 is 10.2 Å². The Bertz CT molecular complexity index is 860. The zero-order valence-corrected chi connectivity index (χ0v) is 18.3. The highest BCUT2D eigenvalue weighted by atomic mass is 16.2. The van der Waals surface area contributed by atoms with E-state index < -0.39 is 0 Å². The Kier molecular flexibility index (Phi) is 7.36. The van der Waals surface area contributed by atoms with Crippen molar-refractivity contribution in [1.29, 1.82) is 0 Å². The van der Waals surface area contributed by atoms with Gasteiger partial charge in [0.05, 0.1) is 5.92 Å². The van der Waals surface area contributed by atoms with Gasteiger partial charge in [-0.15, -0.1) is 0 Å². The van der Waals surface area contributed by atoms with Crippen LogP contribution in [-0.4, -0.2) is 47.8 Å². The minimum Gasteiger partial charge on any atom is -0.352 e. The summed E-state index contributed by atoms with van der Waals surface area (Å²) >= 11 is 0. The van der Waals surface area contributed by atoms with E-state index in [9.17, 15) is 9.59 Å². The molecule has 0 bridgehead atoms. The Labute approximate surface area is 185 Å². The van der Waals surface area contributed by atoms with Crippen molar-refractivity contribution in [2.75, 3.05) is 26.2 Å². The molecule has 1 unspecified atom stereocenters. The van der Waals surface area contributed by atoms with Crippen LogP contribution in [0.25, 0.3) is 0 Å². The Morgan fingerprint density at radius 1 is 0.903 bits per heavy atom. The van der Waals surface area contributed by atoms with Crippen molar-refractivity contribution in [3.63, 3.8) is 0 Å². The van der Waals surface area contributed by atoms with E-state index in [0.29, 0.717) is 26.1 Å². The largest absolute Gasteiger partial charge is 0.352 e. The average Bonchev–Trinajstić information content (AvgIpc) is 3.19. The predicted molar refractivity (Wildman–Crippen MR) is 122 cm³/mol. The molecule has 1 N–H and O–H groups in total. The maximum atomic E-state index is 12.6. The Morgan fingerprint density at radius 2 is 1.61 bits per heavy atom. The molecular formula is C26H33N3O2. The lowest BCUT2D eigenvalue weighted by Crippen LogP contribution is -2.33. The molecule has 2 aromatic rings. The molecule has 2 heterocycles. The molecule has 2 fully saturated rings. The van der Waals surface area contributed by atoms with Gasteiger partial charge in [0, 0.05) is 32.6 Å². The van der Waals surface area contributed by atoms with Crippen LogP contribution in [0.1, 0.15) is 42.4 Å². The summed E-state index contributed by atoms with van der Waals surface area (Å²) in [5.41, 5.74) is 3.64. The first-order valence-electron chi connectivity index (χ1n) is 11.6. The Morgan fingerprint density at radius 3 is 2.35 bits per heavy atom. The summed E-state index contributed by atoms with van der Waals surface area (Å²) in [4.78, 5) is 29.3. The van der Waals surface area contributed by atoms with Gasteiger partial charge >= 0.3 is 0 Å². The van der Waals surface area contributed by atoms with Crippen LogP contribution in [0.4, 0.5) is 0 Å². The molecule has 0 aromatic heterocycles. The van der Waals surface area contributed by atoms with E-state index in [0.717, 1.165) is 18.5 Å². The van der Waals surface area contributed by atoms with E-state index in [1.54, 1.807) is 0 Å². The van der Waals surface area contributed by atoms with Gasteiger partial charge in [0.25, 0.3) is 0 Å². The van der Waals surface area contributed by atoms with Gasteiger partial charge in [-0.3, -0.25) is 14.5 Å². The number of likely N-dealkylation sites (tertiary alicyclic amines) is 2. The summed E-state index contributed by atoms with van der Waals surface area (Å²) in [5.74, 6) is -0.187. The van der Waals surface area contributed by atoms with Gasteiger partial charge in [0.2, 0.25) is 11.8 Å². The fraction of sp³-hybridized carbons (Fsp3) is 0.462. The van der Waals surface area contributed by atoms with Crippen LogP contribution in [0.2, 0.25) is 0 Å². The summed E-state index contributed by atoms with van der Waals surface area (Å²) in [7, 11) is 0. The number of benzene rings is 2. The van der Waals surface area contributed by atoms with Crippen LogP contribution in [0.5, 0.6) is 0 Å². The van der Waals surface area contributed by atoms with E-state index in [1.807, 2.05) is 23.1 Å².